The largest absolute Gasteiger partial charge is 0.348 e. The first-order valence-corrected chi connectivity index (χ1v) is 9.21. The average Bonchev–Trinajstić information content (AvgIpc) is 2.95. The highest BCUT2D eigenvalue weighted by molar-refractivity contribution is 7.89. The Morgan fingerprint density at radius 3 is 2.59 bits per heavy atom. The van der Waals surface area contributed by atoms with Crippen molar-refractivity contribution < 1.29 is 8.42 Å². The SMILES string of the molecule is NS(=O)(=O)CCCN1CCn2cccc2[C@H]1c1ccccc1. The molecule has 6 heteroatoms. The first-order valence-electron chi connectivity index (χ1n) is 7.49. The summed E-state index contributed by atoms with van der Waals surface area (Å²) in [4.78, 5) is 2.34. The number of primary sulfonamides is 1. The molecule has 0 fully saturated rings. The number of nitrogens with two attached hydrogens (primary N) is 1. The van der Waals surface area contributed by atoms with Crippen LogP contribution in [0.2, 0.25) is 0 Å². The topological polar surface area (TPSA) is 68.3 Å². The van der Waals surface area contributed by atoms with Crippen LogP contribution in [0.25, 0.3) is 0 Å². The highest BCUT2D eigenvalue weighted by Crippen LogP contribution is 2.32. The molecule has 1 aliphatic rings. The van der Waals surface area contributed by atoms with Gasteiger partial charge in [0.2, 0.25) is 10.0 Å². The number of benzene rings is 1. The maximum absolute atomic E-state index is 11.1. The van der Waals surface area contributed by atoms with Crippen LogP contribution in [-0.4, -0.2) is 36.7 Å². The molecule has 1 atom stereocenters. The van der Waals surface area contributed by atoms with Crippen LogP contribution in [0, 0.1) is 0 Å². The second-order valence-corrected chi connectivity index (χ2v) is 7.43. The lowest BCUT2D eigenvalue weighted by Crippen LogP contribution is -2.39. The number of nitrogens with zero attached hydrogens (tertiary/aromatic N) is 2. The summed E-state index contributed by atoms with van der Waals surface area (Å²) in [6.45, 7) is 2.56. The Labute approximate surface area is 131 Å². The third-order valence-electron chi connectivity index (χ3n) is 4.13. The number of hydrogen-bond donors (Lipinski definition) is 1. The van der Waals surface area contributed by atoms with E-state index < -0.39 is 10.0 Å². The van der Waals surface area contributed by atoms with Crippen molar-refractivity contribution in [3.8, 4) is 0 Å². The Bertz CT molecular complexity index is 725. The molecule has 3 rings (SSSR count). The van der Waals surface area contributed by atoms with Crippen LogP contribution in [0.15, 0.2) is 48.7 Å². The van der Waals surface area contributed by atoms with Gasteiger partial charge >= 0.3 is 0 Å². The number of fused-ring (bicyclic) bond motifs is 1. The van der Waals surface area contributed by atoms with Crippen LogP contribution in [0.1, 0.15) is 23.7 Å². The molecule has 0 saturated carbocycles. The van der Waals surface area contributed by atoms with Crippen molar-refractivity contribution in [3.05, 3.63) is 59.9 Å². The molecule has 1 aliphatic heterocycles. The summed E-state index contributed by atoms with van der Waals surface area (Å²) in [7, 11) is -3.39. The van der Waals surface area contributed by atoms with E-state index in [1.54, 1.807) is 0 Å². The fourth-order valence-electron chi connectivity index (χ4n) is 3.16. The van der Waals surface area contributed by atoms with Crippen LogP contribution in [-0.2, 0) is 16.6 Å². The third-order valence-corrected chi connectivity index (χ3v) is 4.99. The molecule has 5 nitrogen and oxygen atoms in total. The molecule has 2 N–H and O–H groups in total. The maximum atomic E-state index is 11.1. The van der Waals surface area contributed by atoms with Gasteiger partial charge in [0.25, 0.3) is 0 Å². The molecule has 1 aromatic heterocycles. The standard InChI is InChI=1S/C16H21N3O2S/c17-22(20,21)13-5-10-19-12-11-18-9-4-8-15(18)16(19)14-6-2-1-3-7-14/h1-4,6-9,16H,5,10-13H2,(H2,17,20,21)/t16-/m1/s1. The van der Waals surface area contributed by atoms with Crippen LogP contribution < -0.4 is 5.14 Å². The minimum atomic E-state index is -3.39. The van der Waals surface area contributed by atoms with E-state index in [9.17, 15) is 8.42 Å². The van der Waals surface area contributed by atoms with Gasteiger partial charge in [0.15, 0.2) is 0 Å². The van der Waals surface area contributed by atoms with Crippen molar-refractivity contribution in [2.24, 2.45) is 5.14 Å². The Kier molecular flexibility index (Phi) is 4.33. The van der Waals surface area contributed by atoms with Crippen molar-refractivity contribution in [1.82, 2.24) is 9.47 Å². The molecular formula is C16H21N3O2S. The van der Waals surface area contributed by atoms with Crippen LogP contribution in [0.4, 0.5) is 0 Å². The summed E-state index contributed by atoms with van der Waals surface area (Å²) in [6, 6.07) is 14.7. The molecule has 0 unspecified atom stereocenters. The molecule has 1 aromatic carbocycles. The molecule has 0 radical (unpaired) electrons. The minimum Gasteiger partial charge on any atom is -0.348 e. The summed E-state index contributed by atoms with van der Waals surface area (Å²) in [6.07, 6.45) is 2.66. The fraction of sp³-hybridized carbons (Fsp3) is 0.375. The van der Waals surface area contributed by atoms with Gasteiger partial charge in [0.05, 0.1) is 11.8 Å². The molecular weight excluding hydrogens is 298 g/mol. The Morgan fingerprint density at radius 2 is 1.86 bits per heavy atom. The summed E-state index contributed by atoms with van der Waals surface area (Å²) in [5, 5.41) is 5.11. The van der Waals surface area contributed by atoms with E-state index in [0.717, 1.165) is 19.6 Å². The second kappa shape index (κ2) is 6.24. The lowest BCUT2D eigenvalue weighted by molar-refractivity contribution is 0.184. The van der Waals surface area contributed by atoms with Gasteiger partial charge in [-0.25, -0.2) is 13.6 Å². The zero-order valence-corrected chi connectivity index (χ0v) is 13.2. The van der Waals surface area contributed by atoms with E-state index in [4.69, 9.17) is 5.14 Å². The monoisotopic (exact) mass is 319 g/mol. The van der Waals surface area contributed by atoms with Gasteiger partial charge in [-0.15, -0.1) is 0 Å². The number of sulfonamides is 1. The highest BCUT2D eigenvalue weighted by Gasteiger charge is 2.28. The summed E-state index contributed by atoms with van der Waals surface area (Å²) >= 11 is 0. The van der Waals surface area contributed by atoms with E-state index in [1.165, 1.54) is 11.3 Å². The summed E-state index contributed by atoms with van der Waals surface area (Å²) in [5.41, 5.74) is 2.49. The number of hydrogen-bond acceptors (Lipinski definition) is 3. The maximum Gasteiger partial charge on any atom is 0.209 e. The van der Waals surface area contributed by atoms with Gasteiger partial charge in [-0.3, -0.25) is 4.90 Å². The van der Waals surface area contributed by atoms with Gasteiger partial charge in [-0.2, -0.15) is 0 Å². The van der Waals surface area contributed by atoms with E-state index in [-0.39, 0.29) is 11.8 Å². The Balaban J connectivity index is 1.83. The molecule has 0 aliphatic carbocycles. The van der Waals surface area contributed by atoms with Crippen molar-refractivity contribution in [2.75, 3.05) is 18.8 Å². The van der Waals surface area contributed by atoms with Gasteiger partial charge < -0.3 is 4.57 Å². The summed E-state index contributed by atoms with van der Waals surface area (Å²) < 4.78 is 24.5. The predicted molar refractivity (Wildman–Crippen MR) is 86.9 cm³/mol. The predicted octanol–water partition coefficient (Wildman–Crippen LogP) is 1.57. The third kappa shape index (κ3) is 3.40. The molecule has 2 aromatic rings. The molecule has 0 saturated heterocycles. The molecule has 2 heterocycles. The normalized spacial score (nSPS) is 19.0. The van der Waals surface area contributed by atoms with E-state index in [0.29, 0.717) is 6.42 Å². The molecule has 22 heavy (non-hydrogen) atoms. The highest BCUT2D eigenvalue weighted by atomic mass is 32.2. The Morgan fingerprint density at radius 1 is 1.09 bits per heavy atom. The average molecular weight is 319 g/mol. The van der Waals surface area contributed by atoms with Crippen molar-refractivity contribution >= 4 is 10.0 Å². The van der Waals surface area contributed by atoms with Crippen molar-refractivity contribution in [2.45, 2.75) is 19.0 Å². The van der Waals surface area contributed by atoms with Gasteiger partial charge in [-0.05, 0) is 24.1 Å². The summed E-state index contributed by atoms with van der Waals surface area (Å²) in [5.74, 6) is 0.0338. The zero-order valence-electron chi connectivity index (χ0n) is 12.4. The lowest BCUT2D eigenvalue weighted by Gasteiger charge is -2.37. The van der Waals surface area contributed by atoms with Gasteiger partial charge in [0, 0.05) is 31.5 Å². The van der Waals surface area contributed by atoms with Crippen molar-refractivity contribution in [1.29, 1.82) is 0 Å². The first kappa shape index (κ1) is 15.3. The smallest absolute Gasteiger partial charge is 0.209 e. The molecule has 0 amide bonds. The zero-order chi connectivity index (χ0) is 15.6. The first-order chi connectivity index (χ1) is 10.5. The molecule has 0 bridgehead atoms. The van der Waals surface area contributed by atoms with E-state index in [1.807, 2.05) is 18.2 Å². The van der Waals surface area contributed by atoms with Crippen molar-refractivity contribution in [3.63, 3.8) is 0 Å². The van der Waals surface area contributed by atoms with Crippen LogP contribution in [0.5, 0.6) is 0 Å². The second-order valence-electron chi connectivity index (χ2n) is 5.70. The number of rotatable bonds is 5. The molecule has 118 valence electrons. The van der Waals surface area contributed by atoms with E-state index in [2.05, 4.69) is 39.9 Å². The lowest BCUT2D eigenvalue weighted by atomic mass is 10.00. The van der Waals surface area contributed by atoms with Crippen LogP contribution in [0.3, 0.4) is 0 Å². The van der Waals surface area contributed by atoms with Crippen LogP contribution >= 0.6 is 0 Å². The quantitative estimate of drug-likeness (QED) is 0.909. The van der Waals surface area contributed by atoms with Gasteiger partial charge in [-0.1, -0.05) is 30.3 Å². The van der Waals surface area contributed by atoms with Gasteiger partial charge in [0.1, 0.15) is 0 Å². The Hall–Kier alpha value is -1.63. The molecule has 0 spiro atoms. The minimum absolute atomic E-state index is 0.0338. The van der Waals surface area contributed by atoms with E-state index >= 15 is 0 Å². The fourth-order valence-corrected chi connectivity index (χ4v) is 3.69. The number of aromatic nitrogens is 1.